The molecule has 2 aromatic carbocycles. The van der Waals surface area contributed by atoms with Gasteiger partial charge in [0.15, 0.2) is 0 Å². The van der Waals surface area contributed by atoms with E-state index in [1.54, 1.807) is 29.1 Å². The number of carbonyl (C=O) groups is 3. The van der Waals surface area contributed by atoms with E-state index in [4.69, 9.17) is 5.73 Å². The van der Waals surface area contributed by atoms with Gasteiger partial charge in [-0.3, -0.25) is 19.4 Å². The van der Waals surface area contributed by atoms with Gasteiger partial charge in [0.25, 0.3) is 5.91 Å². The SMILES string of the molecule is CC(=O)N1C[C@H](C(N)=O)[C@@H](c2ccc(CN(C)C(=O)c3cccc4cccnc34)cc2)C1. The lowest BCUT2D eigenvalue weighted by molar-refractivity contribution is -0.128. The molecule has 0 spiro atoms. The van der Waals surface area contributed by atoms with E-state index in [9.17, 15) is 14.4 Å². The Morgan fingerprint density at radius 1 is 1.06 bits per heavy atom. The third kappa shape index (κ3) is 4.19. The number of hydrogen-bond acceptors (Lipinski definition) is 4. The Bertz CT molecular complexity index is 1170. The Morgan fingerprint density at radius 2 is 1.78 bits per heavy atom. The molecule has 0 unspecified atom stereocenters. The lowest BCUT2D eigenvalue weighted by Gasteiger charge is -2.19. The first-order valence-corrected chi connectivity index (χ1v) is 10.6. The van der Waals surface area contributed by atoms with Gasteiger partial charge in [0.2, 0.25) is 11.8 Å². The van der Waals surface area contributed by atoms with Crippen LogP contribution in [-0.4, -0.2) is 52.6 Å². The van der Waals surface area contributed by atoms with Crippen molar-refractivity contribution in [3.8, 4) is 0 Å². The van der Waals surface area contributed by atoms with Crippen LogP contribution in [0.3, 0.4) is 0 Å². The highest BCUT2D eigenvalue weighted by atomic mass is 16.2. The van der Waals surface area contributed by atoms with Gasteiger partial charge in [0, 0.05) is 51.1 Å². The molecule has 1 saturated heterocycles. The summed E-state index contributed by atoms with van der Waals surface area (Å²) in [5, 5.41) is 0.927. The third-order valence-electron chi connectivity index (χ3n) is 6.17. The largest absolute Gasteiger partial charge is 0.369 e. The molecule has 1 aromatic heterocycles. The molecular formula is C25H26N4O3. The van der Waals surface area contributed by atoms with Crippen molar-refractivity contribution >= 4 is 28.6 Å². The zero-order chi connectivity index (χ0) is 22.8. The quantitative estimate of drug-likeness (QED) is 0.673. The molecule has 32 heavy (non-hydrogen) atoms. The number of nitrogens with zero attached hydrogens (tertiary/aromatic N) is 3. The fraction of sp³-hybridized carbons (Fsp3) is 0.280. The van der Waals surface area contributed by atoms with Crippen molar-refractivity contribution in [1.29, 1.82) is 0 Å². The van der Waals surface area contributed by atoms with E-state index < -0.39 is 11.8 Å². The number of amides is 3. The molecule has 2 atom stereocenters. The van der Waals surface area contributed by atoms with E-state index in [1.165, 1.54) is 6.92 Å². The van der Waals surface area contributed by atoms with Crippen molar-refractivity contribution in [2.45, 2.75) is 19.4 Å². The second-order valence-electron chi connectivity index (χ2n) is 8.32. The minimum atomic E-state index is -0.395. The molecule has 0 saturated carbocycles. The van der Waals surface area contributed by atoms with Crippen LogP contribution in [0, 0.1) is 5.92 Å². The van der Waals surface area contributed by atoms with Crippen LogP contribution in [0.4, 0.5) is 0 Å². The Morgan fingerprint density at radius 3 is 2.47 bits per heavy atom. The Hall–Kier alpha value is -3.74. The Kier molecular flexibility index (Phi) is 5.90. The van der Waals surface area contributed by atoms with Crippen LogP contribution in [-0.2, 0) is 16.1 Å². The van der Waals surface area contributed by atoms with Crippen LogP contribution in [0.25, 0.3) is 10.9 Å². The number of primary amides is 1. The lowest BCUT2D eigenvalue weighted by Crippen LogP contribution is -2.30. The minimum Gasteiger partial charge on any atom is -0.369 e. The summed E-state index contributed by atoms with van der Waals surface area (Å²) in [5.74, 6) is -1.06. The van der Waals surface area contributed by atoms with Gasteiger partial charge in [-0.05, 0) is 23.3 Å². The average molecular weight is 431 g/mol. The molecule has 1 fully saturated rings. The normalized spacial score (nSPS) is 18.0. The van der Waals surface area contributed by atoms with Crippen LogP contribution in [0.2, 0.25) is 0 Å². The third-order valence-corrected chi connectivity index (χ3v) is 6.17. The first-order chi connectivity index (χ1) is 15.3. The molecule has 0 radical (unpaired) electrons. The van der Waals surface area contributed by atoms with Gasteiger partial charge in [-0.15, -0.1) is 0 Å². The molecular weight excluding hydrogens is 404 g/mol. The first-order valence-electron chi connectivity index (χ1n) is 10.6. The minimum absolute atomic E-state index is 0.0570. The van der Waals surface area contributed by atoms with E-state index >= 15 is 0 Å². The maximum atomic E-state index is 13.1. The van der Waals surface area contributed by atoms with E-state index in [1.807, 2.05) is 48.5 Å². The zero-order valence-electron chi connectivity index (χ0n) is 18.2. The number of para-hydroxylation sites is 1. The van der Waals surface area contributed by atoms with Gasteiger partial charge in [0.05, 0.1) is 17.0 Å². The zero-order valence-corrected chi connectivity index (χ0v) is 18.2. The van der Waals surface area contributed by atoms with Crippen LogP contribution in [0.15, 0.2) is 60.8 Å². The van der Waals surface area contributed by atoms with Crippen molar-refractivity contribution in [1.82, 2.24) is 14.8 Å². The van der Waals surface area contributed by atoms with Crippen molar-refractivity contribution in [3.63, 3.8) is 0 Å². The Balaban J connectivity index is 1.49. The predicted octanol–water partition coefficient (Wildman–Crippen LogP) is 2.55. The summed E-state index contributed by atoms with van der Waals surface area (Å²) in [6.07, 6.45) is 1.69. The number of rotatable bonds is 5. The van der Waals surface area contributed by atoms with Gasteiger partial charge < -0.3 is 15.5 Å². The van der Waals surface area contributed by atoms with Gasteiger partial charge in [-0.2, -0.15) is 0 Å². The maximum Gasteiger partial charge on any atom is 0.256 e. The van der Waals surface area contributed by atoms with Crippen LogP contribution in [0.5, 0.6) is 0 Å². The predicted molar refractivity (Wildman–Crippen MR) is 122 cm³/mol. The number of aromatic nitrogens is 1. The molecule has 164 valence electrons. The molecule has 1 aliphatic rings. The van der Waals surface area contributed by atoms with E-state index in [0.29, 0.717) is 30.7 Å². The topological polar surface area (TPSA) is 96.6 Å². The molecule has 4 rings (SSSR count). The molecule has 2 N–H and O–H groups in total. The number of likely N-dealkylation sites (tertiary alicyclic amines) is 1. The van der Waals surface area contributed by atoms with Crippen LogP contribution < -0.4 is 5.73 Å². The number of hydrogen-bond donors (Lipinski definition) is 1. The Labute approximate surface area is 186 Å². The number of fused-ring (bicyclic) bond motifs is 1. The van der Waals surface area contributed by atoms with Crippen LogP contribution in [0.1, 0.15) is 34.3 Å². The van der Waals surface area contributed by atoms with Gasteiger partial charge in [-0.25, -0.2) is 0 Å². The van der Waals surface area contributed by atoms with E-state index in [-0.39, 0.29) is 17.7 Å². The molecule has 3 aromatic rings. The standard InChI is InChI=1S/C25H26N4O3/c1-16(30)29-14-21(22(15-29)24(26)31)18-10-8-17(9-11-18)13-28(2)25(32)20-7-3-5-19-6-4-12-27-23(19)20/h3-12,21-22H,13-15H2,1-2H3,(H2,26,31)/t21-,22+/m1/s1. The lowest BCUT2D eigenvalue weighted by atomic mass is 9.88. The number of pyridine rings is 1. The monoisotopic (exact) mass is 430 g/mol. The van der Waals surface area contributed by atoms with Crippen molar-refractivity contribution in [3.05, 3.63) is 77.5 Å². The first kappa shape index (κ1) is 21.5. The van der Waals surface area contributed by atoms with Crippen molar-refractivity contribution in [2.24, 2.45) is 11.7 Å². The van der Waals surface area contributed by atoms with Gasteiger partial charge in [-0.1, -0.05) is 42.5 Å². The molecule has 0 bridgehead atoms. The highest BCUT2D eigenvalue weighted by molar-refractivity contribution is 6.05. The molecule has 3 amide bonds. The highest BCUT2D eigenvalue weighted by Crippen LogP contribution is 2.33. The summed E-state index contributed by atoms with van der Waals surface area (Å²) >= 11 is 0. The number of nitrogens with two attached hydrogens (primary N) is 1. The molecule has 0 aliphatic carbocycles. The van der Waals surface area contributed by atoms with E-state index in [2.05, 4.69) is 4.98 Å². The van der Waals surface area contributed by atoms with Crippen molar-refractivity contribution in [2.75, 3.05) is 20.1 Å². The molecule has 7 nitrogen and oxygen atoms in total. The van der Waals surface area contributed by atoms with E-state index in [0.717, 1.165) is 16.5 Å². The second kappa shape index (κ2) is 8.78. The van der Waals surface area contributed by atoms with Crippen molar-refractivity contribution < 1.29 is 14.4 Å². The summed E-state index contributed by atoms with van der Waals surface area (Å²) in [6.45, 7) is 2.77. The summed E-state index contributed by atoms with van der Waals surface area (Å²) in [5.41, 5.74) is 8.78. The van der Waals surface area contributed by atoms with Gasteiger partial charge >= 0.3 is 0 Å². The smallest absolute Gasteiger partial charge is 0.256 e. The summed E-state index contributed by atoms with van der Waals surface area (Å²) < 4.78 is 0. The number of benzene rings is 2. The summed E-state index contributed by atoms with van der Waals surface area (Å²) in [6, 6.07) is 17.2. The number of carbonyl (C=O) groups excluding carboxylic acids is 3. The fourth-order valence-electron chi connectivity index (χ4n) is 4.39. The summed E-state index contributed by atoms with van der Waals surface area (Å²) in [7, 11) is 1.77. The second-order valence-corrected chi connectivity index (χ2v) is 8.32. The van der Waals surface area contributed by atoms with Crippen LogP contribution >= 0.6 is 0 Å². The molecule has 2 heterocycles. The summed E-state index contributed by atoms with van der Waals surface area (Å²) in [4.78, 5) is 44.4. The maximum absolute atomic E-state index is 13.1. The van der Waals surface area contributed by atoms with Gasteiger partial charge in [0.1, 0.15) is 0 Å². The molecule has 1 aliphatic heterocycles. The average Bonchev–Trinajstić information content (AvgIpc) is 3.25. The molecule has 7 heteroatoms. The fourth-order valence-corrected chi connectivity index (χ4v) is 4.39. The highest BCUT2D eigenvalue weighted by Gasteiger charge is 2.38.